The van der Waals surface area contributed by atoms with E-state index in [4.69, 9.17) is 10.5 Å². The number of alkyl halides is 1. The quantitative estimate of drug-likeness (QED) is 0.818. The Bertz CT molecular complexity index is 594. The van der Waals surface area contributed by atoms with Crippen LogP contribution >= 0.6 is 0 Å². The Morgan fingerprint density at radius 3 is 2.59 bits per heavy atom. The second kappa shape index (κ2) is 7.53. The van der Waals surface area contributed by atoms with Gasteiger partial charge in [0.05, 0.1) is 6.04 Å². The maximum Gasteiger partial charge on any atom is 0.228 e. The van der Waals surface area contributed by atoms with Gasteiger partial charge in [0, 0.05) is 0 Å². The van der Waals surface area contributed by atoms with Crippen molar-refractivity contribution in [3.8, 4) is 5.75 Å². The number of benzene rings is 1. The highest BCUT2D eigenvalue weighted by molar-refractivity contribution is 5.32. The number of para-hydroxylation sites is 1. The highest BCUT2D eigenvalue weighted by atomic mass is 19.1. The summed E-state index contributed by atoms with van der Waals surface area (Å²) < 4.78 is 19.0. The molecule has 22 heavy (non-hydrogen) atoms. The van der Waals surface area contributed by atoms with Crippen molar-refractivity contribution in [1.29, 1.82) is 0 Å². The van der Waals surface area contributed by atoms with Gasteiger partial charge in [0.15, 0.2) is 12.0 Å². The largest absolute Gasteiger partial charge is 0.491 e. The number of anilines is 2. The Morgan fingerprint density at radius 1 is 1.23 bits per heavy atom. The monoisotopic (exact) mass is 305 g/mol. The highest BCUT2D eigenvalue weighted by Gasteiger charge is 2.14. The lowest BCUT2D eigenvalue weighted by molar-refractivity contribution is 0.293. The number of nitrogens with one attached hydrogen (secondary N) is 1. The van der Waals surface area contributed by atoms with Crippen LogP contribution in [0.2, 0.25) is 0 Å². The predicted octanol–water partition coefficient (Wildman–Crippen LogP) is 2.75. The number of rotatable bonds is 7. The molecule has 2 rings (SSSR count). The number of hydrogen-bond donors (Lipinski definition) is 2. The van der Waals surface area contributed by atoms with Crippen LogP contribution in [0, 0.1) is 0 Å². The first-order valence-electron chi connectivity index (χ1n) is 7.18. The summed E-state index contributed by atoms with van der Waals surface area (Å²) in [7, 11) is 0. The zero-order valence-electron chi connectivity index (χ0n) is 12.7. The molecule has 0 saturated heterocycles. The molecule has 2 aromatic rings. The molecule has 1 aromatic carbocycles. The Hall–Kier alpha value is -2.44. The molecule has 1 heterocycles. The number of aromatic nitrogens is 3. The van der Waals surface area contributed by atoms with Crippen molar-refractivity contribution >= 4 is 11.9 Å². The third-order valence-electron chi connectivity index (χ3n) is 3.05. The second-order valence-electron chi connectivity index (χ2n) is 4.86. The van der Waals surface area contributed by atoms with Gasteiger partial charge in [0.1, 0.15) is 12.4 Å². The van der Waals surface area contributed by atoms with Crippen LogP contribution in [0.4, 0.5) is 16.3 Å². The van der Waals surface area contributed by atoms with Crippen molar-refractivity contribution in [2.24, 2.45) is 0 Å². The van der Waals surface area contributed by atoms with E-state index in [-0.39, 0.29) is 23.8 Å². The van der Waals surface area contributed by atoms with Crippen molar-refractivity contribution in [2.45, 2.75) is 32.5 Å². The maximum absolute atomic E-state index is 13.3. The minimum atomic E-state index is -1.30. The van der Waals surface area contributed by atoms with Gasteiger partial charge in [-0.1, -0.05) is 25.1 Å². The molecular formula is C15H20FN5O. The summed E-state index contributed by atoms with van der Waals surface area (Å²) in [5.74, 6) is 1.07. The van der Waals surface area contributed by atoms with Crippen LogP contribution in [-0.2, 0) is 0 Å². The number of hydrogen-bond acceptors (Lipinski definition) is 6. The lowest BCUT2D eigenvalue weighted by atomic mass is 10.2. The van der Waals surface area contributed by atoms with Gasteiger partial charge in [-0.25, -0.2) is 4.39 Å². The van der Waals surface area contributed by atoms with E-state index >= 15 is 0 Å². The Kier molecular flexibility index (Phi) is 5.46. The molecule has 7 heteroatoms. The van der Waals surface area contributed by atoms with Crippen LogP contribution in [-0.4, -0.2) is 27.6 Å². The van der Waals surface area contributed by atoms with E-state index in [1.165, 1.54) is 6.92 Å². The van der Waals surface area contributed by atoms with Crippen molar-refractivity contribution in [3.63, 3.8) is 0 Å². The van der Waals surface area contributed by atoms with E-state index in [1.807, 2.05) is 37.3 Å². The lowest BCUT2D eigenvalue weighted by Crippen LogP contribution is -2.28. The van der Waals surface area contributed by atoms with E-state index in [9.17, 15) is 4.39 Å². The van der Waals surface area contributed by atoms with Crippen LogP contribution < -0.4 is 15.8 Å². The third-order valence-corrected chi connectivity index (χ3v) is 3.05. The molecule has 3 N–H and O–H groups in total. The van der Waals surface area contributed by atoms with Gasteiger partial charge in [-0.05, 0) is 25.5 Å². The van der Waals surface area contributed by atoms with Crippen LogP contribution in [0.15, 0.2) is 30.3 Å². The standard InChI is InChI=1S/C15H20FN5O/c1-3-11(9-22-12-7-5-4-6-8-12)18-15-20-13(10(2)16)19-14(17)21-15/h4-8,10-11H,3,9H2,1-2H3,(H3,17,18,19,20,21). The molecule has 6 nitrogen and oxygen atoms in total. The summed E-state index contributed by atoms with van der Waals surface area (Å²) in [6.07, 6.45) is -0.509. The van der Waals surface area contributed by atoms with Crippen LogP contribution in [0.3, 0.4) is 0 Å². The summed E-state index contributed by atoms with van der Waals surface area (Å²) in [6.45, 7) is 3.80. The van der Waals surface area contributed by atoms with Crippen molar-refractivity contribution in [3.05, 3.63) is 36.2 Å². The van der Waals surface area contributed by atoms with Gasteiger partial charge in [-0.15, -0.1) is 0 Å². The number of ether oxygens (including phenoxy) is 1. The van der Waals surface area contributed by atoms with E-state index in [0.717, 1.165) is 12.2 Å². The average Bonchev–Trinajstić information content (AvgIpc) is 2.51. The maximum atomic E-state index is 13.3. The molecule has 1 aromatic heterocycles. The normalized spacial score (nSPS) is 13.4. The molecule has 0 aliphatic rings. The molecule has 118 valence electrons. The zero-order valence-corrected chi connectivity index (χ0v) is 12.7. The number of nitrogens with two attached hydrogens (primary N) is 1. The fourth-order valence-corrected chi connectivity index (χ4v) is 1.81. The first-order chi connectivity index (χ1) is 10.6. The molecule has 2 atom stereocenters. The van der Waals surface area contributed by atoms with Crippen LogP contribution in [0.5, 0.6) is 5.75 Å². The Balaban J connectivity index is 2.00. The minimum absolute atomic E-state index is 0.00386. The molecule has 2 unspecified atom stereocenters. The van der Waals surface area contributed by atoms with Crippen molar-refractivity contribution in [2.75, 3.05) is 17.7 Å². The van der Waals surface area contributed by atoms with Gasteiger partial charge in [0.25, 0.3) is 0 Å². The smallest absolute Gasteiger partial charge is 0.228 e. The summed E-state index contributed by atoms with van der Waals surface area (Å²) in [6, 6.07) is 9.49. The second-order valence-corrected chi connectivity index (χ2v) is 4.86. The van der Waals surface area contributed by atoms with E-state index in [0.29, 0.717) is 6.61 Å². The Labute approximate surface area is 129 Å². The van der Waals surface area contributed by atoms with Crippen LogP contribution in [0.1, 0.15) is 32.3 Å². The van der Waals surface area contributed by atoms with Crippen LogP contribution in [0.25, 0.3) is 0 Å². The summed E-state index contributed by atoms with van der Waals surface area (Å²) in [4.78, 5) is 11.8. The fourth-order valence-electron chi connectivity index (χ4n) is 1.81. The van der Waals surface area contributed by atoms with E-state index in [2.05, 4.69) is 20.3 Å². The predicted molar refractivity (Wildman–Crippen MR) is 83.4 cm³/mol. The third kappa shape index (κ3) is 4.54. The Morgan fingerprint density at radius 2 is 1.95 bits per heavy atom. The summed E-state index contributed by atoms with van der Waals surface area (Å²) in [5, 5.41) is 3.10. The van der Waals surface area contributed by atoms with Crippen molar-refractivity contribution in [1.82, 2.24) is 15.0 Å². The van der Waals surface area contributed by atoms with Gasteiger partial charge in [0.2, 0.25) is 11.9 Å². The first-order valence-corrected chi connectivity index (χ1v) is 7.18. The average molecular weight is 305 g/mol. The van der Waals surface area contributed by atoms with Gasteiger partial charge in [-0.3, -0.25) is 0 Å². The molecule has 0 bridgehead atoms. The zero-order chi connectivity index (χ0) is 15.9. The van der Waals surface area contributed by atoms with Crippen molar-refractivity contribution < 1.29 is 9.13 Å². The molecule has 0 amide bonds. The van der Waals surface area contributed by atoms with Gasteiger partial charge in [-0.2, -0.15) is 15.0 Å². The fraction of sp³-hybridized carbons (Fsp3) is 0.400. The van der Waals surface area contributed by atoms with E-state index < -0.39 is 6.17 Å². The molecule has 0 aliphatic carbocycles. The number of nitrogens with zero attached hydrogens (tertiary/aromatic N) is 3. The van der Waals surface area contributed by atoms with Gasteiger partial charge < -0.3 is 15.8 Å². The molecule has 0 radical (unpaired) electrons. The molecular weight excluding hydrogens is 285 g/mol. The number of nitrogen functional groups attached to an aromatic ring is 1. The molecule has 0 fully saturated rings. The van der Waals surface area contributed by atoms with E-state index in [1.54, 1.807) is 0 Å². The molecule has 0 aliphatic heterocycles. The highest BCUT2D eigenvalue weighted by Crippen LogP contribution is 2.15. The summed E-state index contributed by atoms with van der Waals surface area (Å²) in [5.41, 5.74) is 5.58. The number of halogens is 1. The van der Waals surface area contributed by atoms with Gasteiger partial charge >= 0.3 is 0 Å². The minimum Gasteiger partial charge on any atom is -0.491 e. The SMILES string of the molecule is CCC(COc1ccccc1)Nc1nc(N)nc(C(C)F)n1. The topological polar surface area (TPSA) is 86.0 Å². The summed E-state index contributed by atoms with van der Waals surface area (Å²) >= 11 is 0. The first kappa shape index (κ1) is 15.9. The lowest BCUT2D eigenvalue weighted by Gasteiger charge is -2.18. The molecule has 0 saturated carbocycles. The molecule has 0 spiro atoms.